The normalized spacial score (nSPS) is 10.5. The van der Waals surface area contributed by atoms with E-state index in [0.717, 1.165) is 16.8 Å². The van der Waals surface area contributed by atoms with Gasteiger partial charge in [0.2, 0.25) is 5.16 Å². The zero-order chi connectivity index (χ0) is 16.8. The number of carboxylic acid groups (broad SMARTS) is 1. The second-order valence-electron chi connectivity index (χ2n) is 5.02. The van der Waals surface area contributed by atoms with Gasteiger partial charge in [-0.1, -0.05) is 72.4 Å². The van der Waals surface area contributed by atoms with Crippen LogP contribution in [0.3, 0.4) is 0 Å². The Bertz CT molecular complexity index is 826. The Kier molecular flexibility index (Phi) is 5.18. The molecule has 3 rings (SSSR count). The third-order valence-electron chi connectivity index (χ3n) is 3.31. The van der Waals surface area contributed by atoms with Crippen LogP contribution in [0.15, 0.2) is 65.8 Å². The first-order valence-corrected chi connectivity index (χ1v) is 8.43. The molecule has 2 aromatic carbocycles. The highest BCUT2D eigenvalue weighted by molar-refractivity contribution is 7.99. The Morgan fingerprint density at radius 1 is 0.875 bits per heavy atom. The van der Waals surface area contributed by atoms with E-state index >= 15 is 0 Å². The first kappa shape index (κ1) is 16.1. The van der Waals surface area contributed by atoms with Crippen molar-refractivity contribution >= 4 is 17.7 Å². The smallest absolute Gasteiger partial charge is 0.304 e. The highest BCUT2D eigenvalue weighted by Gasteiger charge is 2.13. The first-order valence-electron chi connectivity index (χ1n) is 7.44. The van der Waals surface area contributed by atoms with Crippen molar-refractivity contribution in [1.29, 1.82) is 0 Å². The van der Waals surface area contributed by atoms with Crippen LogP contribution >= 0.6 is 11.8 Å². The fourth-order valence-corrected chi connectivity index (χ4v) is 2.90. The maximum Gasteiger partial charge on any atom is 0.304 e. The van der Waals surface area contributed by atoms with Crippen molar-refractivity contribution < 1.29 is 9.90 Å². The van der Waals surface area contributed by atoms with Crippen LogP contribution in [0.5, 0.6) is 0 Å². The fraction of sp³-hybridized carbons (Fsp3) is 0.111. The number of carboxylic acids is 1. The number of carbonyl (C=O) groups is 1. The molecule has 0 spiro atoms. The summed E-state index contributed by atoms with van der Waals surface area (Å²) in [7, 11) is 0. The van der Waals surface area contributed by atoms with Gasteiger partial charge in [0.25, 0.3) is 0 Å². The lowest BCUT2D eigenvalue weighted by Crippen LogP contribution is -2.01. The minimum absolute atomic E-state index is 0.0646. The van der Waals surface area contributed by atoms with Crippen molar-refractivity contribution in [2.45, 2.75) is 11.6 Å². The summed E-state index contributed by atoms with van der Waals surface area (Å²) < 4.78 is 0. The maximum atomic E-state index is 10.6. The molecule has 1 heterocycles. The van der Waals surface area contributed by atoms with E-state index < -0.39 is 5.97 Å². The first-order chi connectivity index (χ1) is 11.7. The summed E-state index contributed by atoms with van der Waals surface area (Å²) in [4.78, 5) is 15.3. The van der Waals surface area contributed by atoms with Crippen molar-refractivity contribution in [3.05, 3.63) is 60.7 Å². The lowest BCUT2D eigenvalue weighted by atomic mass is 10.0. The summed E-state index contributed by atoms with van der Waals surface area (Å²) in [6.45, 7) is 0. The van der Waals surface area contributed by atoms with Crippen LogP contribution in [0.25, 0.3) is 22.5 Å². The van der Waals surface area contributed by atoms with Crippen LogP contribution < -0.4 is 0 Å². The van der Waals surface area contributed by atoms with Crippen molar-refractivity contribution in [3.63, 3.8) is 0 Å². The van der Waals surface area contributed by atoms with E-state index in [1.54, 1.807) is 0 Å². The van der Waals surface area contributed by atoms with E-state index in [1.807, 2.05) is 60.7 Å². The van der Waals surface area contributed by atoms with Gasteiger partial charge >= 0.3 is 5.97 Å². The molecule has 0 atom stereocenters. The van der Waals surface area contributed by atoms with Gasteiger partial charge in [-0.2, -0.15) is 0 Å². The molecule has 0 aliphatic carbocycles. The van der Waals surface area contributed by atoms with Gasteiger partial charge in [-0.15, -0.1) is 10.2 Å². The van der Waals surface area contributed by atoms with Crippen LogP contribution in [0, 0.1) is 0 Å². The van der Waals surface area contributed by atoms with E-state index in [4.69, 9.17) is 5.11 Å². The summed E-state index contributed by atoms with van der Waals surface area (Å²) in [6.07, 6.45) is 0.0646. The number of hydrogen-bond donors (Lipinski definition) is 1. The summed E-state index contributed by atoms with van der Waals surface area (Å²) in [5.41, 5.74) is 3.35. The number of aromatic nitrogens is 3. The highest BCUT2D eigenvalue weighted by Crippen LogP contribution is 2.29. The van der Waals surface area contributed by atoms with Gasteiger partial charge in [-0.25, -0.2) is 4.98 Å². The molecule has 120 valence electrons. The second kappa shape index (κ2) is 7.70. The molecule has 0 radical (unpaired) electrons. The van der Waals surface area contributed by atoms with Crippen LogP contribution in [-0.4, -0.2) is 32.0 Å². The number of hydrogen-bond acceptors (Lipinski definition) is 5. The molecule has 0 aliphatic rings. The van der Waals surface area contributed by atoms with Crippen molar-refractivity contribution in [2.24, 2.45) is 0 Å². The Hall–Kier alpha value is -2.73. The van der Waals surface area contributed by atoms with Crippen LogP contribution in [0.4, 0.5) is 0 Å². The topological polar surface area (TPSA) is 76.0 Å². The molecule has 0 fully saturated rings. The average Bonchev–Trinajstić information content (AvgIpc) is 2.63. The van der Waals surface area contributed by atoms with Crippen molar-refractivity contribution in [1.82, 2.24) is 15.2 Å². The van der Waals surface area contributed by atoms with Gasteiger partial charge in [-0.05, 0) is 0 Å². The lowest BCUT2D eigenvalue weighted by molar-refractivity contribution is -0.136. The molecule has 0 saturated heterocycles. The molecule has 0 saturated carbocycles. The Labute approximate surface area is 143 Å². The molecular formula is C18H15N3O2S. The molecule has 0 amide bonds. The molecule has 0 bridgehead atoms. The van der Waals surface area contributed by atoms with Gasteiger partial charge in [0.15, 0.2) is 0 Å². The average molecular weight is 337 g/mol. The number of nitrogens with zero attached hydrogens (tertiary/aromatic N) is 3. The summed E-state index contributed by atoms with van der Waals surface area (Å²) in [5.74, 6) is -0.421. The van der Waals surface area contributed by atoms with E-state index in [2.05, 4.69) is 15.2 Å². The SMILES string of the molecule is O=C(O)CCSc1nnc(-c2ccccc2)c(-c2ccccc2)n1. The maximum absolute atomic E-state index is 10.6. The molecule has 24 heavy (non-hydrogen) atoms. The molecule has 0 unspecified atom stereocenters. The van der Waals surface area contributed by atoms with Crippen LogP contribution in [0.1, 0.15) is 6.42 Å². The highest BCUT2D eigenvalue weighted by atomic mass is 32.2. The Morgan fingerprint density at radius 2 is 1.46 bits per heavy atom. The minimum atomic E-state index is -0.834. The van der Waals surface area contributed by atoms with Crippen molar-refractivity contribution in [2.75, 3.05) is 5.75 Å². The van der Waals surface area contributed by atoms with E-state index in [0.29, 0.717) is 16.6 Å². The van der Waals surface area contributed by atoms with Crippen LogP contribution in [-0.2, 0) is 4.79 Å². The zero-order valence-corrected chi connectivity index (χ0v) is 13.6. The summed E-state index contributed by atoms with van der Waals surface area (Å²) >= 11 is 1.30. The third-order valence-corrected chi connectivity index (χ3v) is 4.15. The molecular weight excluding hydrogens is 322 g/mol. The number of benzene rings is 2. The van der Waals surface area contributed by atoms with Gasteiger partial charge < -0.3 is 5.11 Å². The molecule has 6 heteroatoms. The molecule has 3 aromatic rings. The zero-order valence-electron chi connectivity index (χ0n) is 12.8. The number of rotatable bonds is 6. The summed E-state index contributed by atoms with van der Waals surface area (Å²) in [5, 5.41) is 17.7. The van der Waals surface area contributed by atoms with E-state index in [-0.39, 0.29) is 6.42 Å². The predicted octanol–water partition coefficient (Wildman–Crippen LogP) is 3.77. The van der Waals surface area contributed by atoms with E-state index in [9.17, 15) is 4.79 Å². The minimum Gasteiger partial charge on any atom is -0.481 e. The van der Waals surface area contributed by atoms with E-state index in [1.165, 1.54) is 11.8 Å². The van der Waals surface area contributed by atoms with Crippen molar-refractivity contribution in [3.8, 4) is 22.5 Å². The predicted molar refractivity (Wildman–Crippen MR) is 93.7 cm³/mol. The monoisotopic (exact) mass is 337 g/mol. The molecule has 0 aliphatic heterocycles. The fourth-order valence-electron chi connectivity index (χ4n) is 2.19. The Morgan fingerprint density at radius 3 is 2.04 bits per heavy atom. The Balaban J connectivity index is 1.98. The lowest BCUT2D eigenvalue weighted by Gasteiger charge is -2.09. The van der Waals surface area contributed by atoms with Gasteiger partial charge in [-0.3, -0.25) is 4.79 Å². The van der Waals surface area contributed by atoms with Gasteiger partial charge in [0.05, 0.1) is 6.42 Å². The standard InChI is InChI=1S/C18H15N3O2S/c22-15(23)11-12-24-18-19-16(13-7-3-1-4-8-13)17(20-21-18)14-9-5-2-6-10-14/h1-10H,11-12H2,(H,22,23). The quantitative estimate of drug-likeness (QED) is 0.690. The molecule has 1 N–H and O–H groups in total. The largest absolute Gasteiger partial charge is 0.481 e. The summed E-state index contributed by atoms with van der Waals surface area (Å²) in [6, 6.07) is 19.6. The third kappa shape index (κ3) is 3.97. The van der Waals surface area contributed by atoms with Gasteiger partial charge in [0.1, 0.15) is 11.4 Å². The van der Waals surface area contributed by atoms with Crippen LogP contribution in [0.2, 0.25) is 0 Å². The molecule has 1 aromatic heterocycles. The van der Waals surface area contributed by atoms with Gasteiger partial charge in [0, 0.05) is 16.9 Å². The number of aliphatic carboxylic acids is 1. The number of thioether (sulfide) groups is 1. The molecule has 5 nitrogen and oxygen atoms in total. The second-order valence-corrected chi connectivity index (χ2v) is 6.08.